The Balaban J connectivity index is 1.70. The van der Waals surface area contributed by atoms with E-state index in [-0.39, 0.29) is 23.2 Å². The highest BCUT2D eigenvalue weighted by molar-refractivity contribution is 7.09. The number of halogens is 3. The van der Waals surface area contributed by atoms with Crippen molar-refractivity contribution in [2.45, 2.75) is 25.4 Å². The highest BCUT2D eigenvalue weighted by Gasteiger charge is 2.36. The van der Waals surface area contributed by atoms with Gasteiger partial charge in [-0.15, -0.1) is 11.3 Å². The number of fused-ring (bicyclic) bond motifs is 1. The fourth-order valence-corrected chi connectivity index (χ4v) is 4.48. The predicted molar refractivity (Wildman–Crippen MR) is 109 cm³/mol. The number of hydrogen-bond donors (Lipinski definition) is 0. The normalized spacial score (nSPS) is 17.7. The van der Waals surface area contributed by atoms with Crippen LogP contribution in [-0.2, 0) is 6.18 Å². The van der Waals surface area contributed by atoms with E-state index in [1.807, 2.05) is 5.38 Å². The molecule has 4 heterocycles. The van der Waals surface area contributed by atoms with Crippen LogP contribution in [0.25, 0.3) is 11.2 Å². The number of hydrogen-bond acceptors (Lipinski definition) is 4. The van der Waals surface area contributed by atoms with Crippen LogP contribution in [0.15, 0.2) is 48.8 Å². The third kappa shape index (κ3) is 3.65. The first-order valence-corrected chi connectivity index (χ1v) is 10.3. The molecule has 1 amide bonds. The second kappa shape index (κ2) is 7.71. The summed E-state index contributed by atoms with van der Waals surface area (Å²) in [7, 11) is 0. The molecule has 1 unspecified atom stereocenters. The molecule has 156 valence electrons. The zero-order chi connectivity index (χ0) is 21.5. The molecule has 9 heteroatoms. The number of carbonyl (C=O) groups excluding carboxylic acids is 1. The summed E-state index contributed by atoms with van der Waals surface area (Å²) in [5.41, 5.74) is -0.256. The minimum absolute atomic E-state index is 0.00179. The maximum atomic E-state index is 13.7. The van der Waals surface area contributed by atoms with Crippen molar-refractivity contribution in [1.29, 1.82) is 0 Å². The molecule has 4 rings (SSSR count). The molecule has 0 spiro atoms. The van der Waals surface area contributed by atoms with Gasteiger partial charge in [0.25, 0.3) is 5.91 Å². The molecule has 0 aromatic carbocycles. The Morgan fingerprint density at radius 3 is 2.80 bits per heavy atom. The lowest BCUT2D eigenvalue weighted by Gasteiger charge is -2.14. The summed E-state index contributed by atoms with van der Waals surface area (Å²) in [4.78, 5) is 22.9. The van der Waals surface area contributed by atoms with E-state index in [2.05, 4.69) is 16.5 Å². The largest absolute Gasteiger partial charge is 0.420 e. The lowest BCUT2D eigenvalue weighted by molar-refractivity contribution is -0.136. The van der Waals surface area contributed by atoms with Crippen LogP contribution in [0, 0.1) is 0 Å². The first kappa shape index (κ1) is 20.3. The topological polar surface area (TPSA) is 50.5 Å². The van der Waals surface area contributed by atoms with Crippen LogP contribution in [0.5, 0.6) is 0 Å². The highest BCUT2D eigenvalue weighted by atomic mass is 32.1. The van der Waals surface area contributed by atoms with Gasteiger partial charge in [0.15, 0.2) is 0 Å². The van der Waals surface area contributed by atoms with Crippen molar-refractivity contribution in [2.24, 2.45) is 0 Å². The molecule has 3 aromatic rings. The number of rotatable bonds is 4. The van der Waals surface area contributed by atoms with Crippen molar-refractivity contribution < 1.29 is 18.0 Å². The van der Waals surface area contributed by atoms with Crippen molar-refractivity contribution in [2.75, 3.05) is 13.1 Å². The van der Waals surface area contributed by atoms with Crippen LogP contribution < -0.4 is 0 Å². The average molecular weight is 432 g/mol. The molecule has 1 saturated heterocycles. The molecule has 1 fully saturated rings. The van der Waals surface area contributed by atoms with E-state index < -0.39 is 11.7 Å². The Bertz CT molecular complexity index is 1130. The maximum absolute atomic E-state index is 13.7. The van der Waals surface area contributed by atoms with Crippen molar-refractivity contribution >= 4 is 28.5 Å². The molecule has 0 N–H and O–H groups in total. The van der Waals surface area contributed by atoms with Crippen molar-refractivity contribution in [3.8, 4) is 0 Å². The van der Waals surface area contributed by atoms with E-state index in [0.717, 1.165) is 17.5 Å². The van der Waals surface area contributed by atoms with Crippen LogP contribution in [0.3, 0.4) is 0 Å². The standard InChI is InChI=1S/C21H19F3N4OS/c1-3-13(4-2)15-9-16(21(22,23)24)18-26-17(12-28(18)11-15)20(29)27-7-5-14(10-27)19-25-6-8-30-19/h3-4,6,8-9,11-12,14H,1,5,7,10H2,2H3/b13-4+. The Labute approximate surface area is 175 Å². The molecule has 1 aliphatic rings. The molecule has 0 saturated carbocycles. The van der Waals surface area contributed by atoms with Gasteiger partial charge in [-0.2, -0.15) is 13.2 Å². The predicted octanol–water partition coefficient (Wildman–Crippen LogP) is 5.03. The van der Waals surface area contributed by atoms with Gasteiger partial charge < -0.3 is 9.30 Å². The van der Waals surface area contributed by atoms with E-state index in [0.29, 0.717) is 24.2 Å². The van der Waals surface area contributed by atoms with E-state index >= 15 is 0 Å². The van der Waals surface area contributed by atoms with Gasteiger partial charge in [0.05, 0.1) is 10.6 Å². The van der Waals surface area contributed by atoms with Crippen LogP contribution >= 0.6 is 11.3 Å². The van der Waals surface area contributed by atoms with E-state index in [1.54, 1.807) is 24.1 Å². The Morgan fingerprint density at radius 2 is 2.17 bits per heavy atom. The van der Waals surface area contributed by atoms with Crippen molar-refractivity contribution in [3.05, 3.63) is 70.6 Å². The van der Waals surface area contributed by atoms with Crippen LogP contribution in [0.2, 0.25) is 0 Å². The number of carbonyl (C=O) groups is 1. The number of aromatic nitrogens is 3. The molecular formula is C21H19F3N4OS. The Morgan fingerprint density at radius 1 is 1.37 bits per heavy atom. The third-order valence-electron chi connectivity index (χ3n) is 5.22. The summed E-state index contributed by atoms with van der Waals surface area (Å²) < 4.78 is 42.3. The van der Waals surface area contributed by atoms with Gasteiger partial charge in [0, 0.05) is 43.0 Å². The Hall–Kier alpha value is -2.94. The fraction of sp³-hybridized carbons (Fsp3) is 0.286. The van der Waals surface area contributed by atoms with Gasteiger partial charge in [-0.25, -0.2) is 9.97 Å². The van der Waals surface area contributed by atoms with E-state index in [9.17, 15) is 18.0 Å². The monoisotopic (exact) mass is 432 g/mol. The number of amides is 1. The van der Waals surface area contributed by atoms with Crippen LogP contribution in [-0.4, -0.2) is 38.3 Å². The minimum atomic E-state index is -4.60. The second-order valence-electron chi connectivity index (χ2n) is 7.05. The molecule has 5 nitrogen and oxygen atoms in total. The van der Waals surface area contributed by atoms with E-state index in [4.69, 9.17) is 0 Å². The number of imidazole rings is 1. The van der Waals surface area contributed by atoms with Crippen molar-refractivity contribution in [3.63, 3.8) is 0 Å². The smallest absolute Gasteiger partial charge is 0.337 e. The minimum Gasteiger partial charge on any atom is -0.337 e. The molecule has 1 atom stereocenters. The zero-order valence-electron chi connectivity index (χ0n) is 16.2. The molecule has 3 aromatic heterocycles. The SMILES string of the molecule is C=C/C(=C\C)c1cc(C(F)(F)F)c2nc(C(=O)N3CCC(c4nccs4)C3)cn2c1. The number of alkyl halides is 3. The average Bonchev–Trinajstić information content (AvgIpc) is 3.46. The molecule has 1 aliphatic heterocycles. The summed E-state index contributed by atoms with van der Waals surface area (Å²) >= 11 is 1.54. The first-order valence-electron chi connectivity index (χ1n) is 9.39. The summed E-state index contributed by atoms with van der Waals surface area (Å²) in [6, 6.07) is 1.04. The summed E-state index contributed by atoms with van der Waals surface area (Å²) in [5, 5.41) is 2.85. The lowest BCUT2D eigenvalue weighted by atomic mass is 10.1. The molecule has 0 aliphatic carbocycles. The van der Waals surface area contributed by atoms with Gasteiger partial charge in [-0.1, -0.05) is 18.7 Å². The highest BCUT2D eigenvalue weighted by Crippen LogP contribution is 2.35. The molecule has 30 heavy (non-hydrogen) atoms. The summed E-state index contributed by atoms with van der Waals surface area (Å²) in [5.74, 6) is -0.226. The van der Waals surface area contributed by atoms with Gasteiger partial charge in [-0.05, 0) is 30.5 Å². The Kier molecular flexibility index (Phi) is 5.23. The third-order valence-corrected chi connectivity index (χ3v) is 6.15. The summed E-state index contributed by atoms with van der Waals surface area (Å²) in [6.45, 7) is 6.38. The molecule has 0 radical (unpaired) electrons. The fourth-order valence-electron chi connectivity index (χ4n) is 3.71. The number of pyridine rings is 1. The first-order chi connectivity index (χ1) is 14.3. The number of likely N-dealkylation sites (tertiary alicyclic amines) is 1. The van der Waals surface area contributed by atoms with Crippen molar-refractivity contribution in [1.82, 2.24) is 19.3 Å². The van der Waals surface area contributed by atoms with Crippen LogP contribution in [0.4, 0.5) is 13.2 Å². The molecule has 0 bridgehead atoms. The quantitative estimate of drug-likeness (QED) is 0.544. The molecular weight excluding hydrogens is 413 g/mol. The number of thiazole rings is 1. The summed E-state index contributed by atoms with van der Waals surface area (Å²) in [6.07, 6.45) is 3.97. The maximum Gasteiger partial charge on any atom is 0.420 e. The number of allylic oxidation sites excluding steroid dienone is 3. The second-order valence-corrected chi connectivity index (χ2v) is 7.98. The number of nitrogens with zero attached hydrogens (tertiary/aromatic N) is 4. The van der Waals surface area contributed by atoms with Crippen LogP contribution in [0.1, 0.15) is 45.9 Å². The van der Waals surface area contributed by atoms with Gasteiger partial charge >= 0.3 is 6.18 Å². The van der Waals surface area contributed by atoms with Gasteiger partial charge in [-0.3, -0.25) is 4.79 Å². The van der Waals surface area contributed by atoms with E-state index in [1.165, 1.54) is 34.2 Å². The van der Waals surface area contributed by atoms with Gasteiger partial charge in [0.2, 0.25) is 0 Å². The zero-order valence-corrected chi connectivity index (χ0v) is 17.0. The van der Waals surface area contributed by atoms with Gasteiger partial charge in [0.1, 0.15) is 11.3 Å². The lowest BCUT2D eigenvalue weighted by Crippen LogP contribution is -2.28.